The lowest BCUT2D eigenvalue weighted by Gasteiger charge is -2.02. The summed E-state index contributed by atoms with van der Waals surface area (Å²) in [6, 6.07) is 5.46. The molecular formula is C13H13N3OS. The minimum absolute atomic E-state index is 0.119. The van der Waals surface area contributed by atoms with E-state index in [1.165, 1.54) is 0 Å². The maximum Gasteiger partial charge on any atom is 0.267 e. The average Bonchev–Trinajstić information content (AvgIpc) is 3.04. The number of rotatable bonds is 3. The van der Waals surface area contributed by atoms with E-state index in [2.05, 4.69) is 22.1 Å². The number of carbonyl (C=O) groups excluding carboxylic acids is 1. The van der Waals surface area contributed by atoms with Gasteiger partial charge in [0.2, 0.25) is 0 Å². The average molecular weight is 259 g/mol. The molecule has 0 saturated heterocycles. The molecule has 0 spiro atoms. The zero-order chi connectivity index (χ0) is 12.8. The first-order chi connectivity index (χ1) is 8.81. The monoisotopic (exact) mass is 259 g/mol. The van der Waals surface area contributed by atoms with Crippen molar-refractivity contribution in [1.29, 1.82) is 0 Å². The van der Waals surface area contributed by atoms with Crippen LogP contribution in [0.15, 0.2) is 29.8 Å². The molecule has 0 fully saturated rings. The smallest absolute Gasteiger partial charge is 0.267 e. The van der Waals surface area contributed by atoms with Gasteiger partial charge in [-0.3, -0.25) is 4.79 Å². The van der Waals surface area contributed by atoms with Crippen molar-refractivity contribution in [3.8, 4) is 11.8 Å². The first-order valence-corrected chi connectivity index (χ1v) is 6.36. The van der Waals surface area contributed by atoms with E-state index in [4.69, 9.17) is 5.73 Å². The molecule has 4 nitrogen and oxygen atoms in total. The summed E-state index contributed by atoms with van der Waals surface area (Å²) in [6.07, 6.45) is 1.72. The van der Waals surface area contributed by atoms with E-state index in [1.54, 1.807) is 29.7 Å². The van der Waals surface area contributed by atoms with Gasteiger partial charge >= 0.3 is 0 Å². The SMILES string of the molecule is NCC#Cc1ccsc1CNC(=O)c1ccc[nH]1. The van der Waals surface area contributed by atoms with Crippen molar-refractivity contribution in [3.63, 3.8) is 0 Å². The van der Waals surface area contributed by atoms with Crippen molar-refractivity contribution >= 4 is 17.2 Å². The van der Waals surface area contributed by atoms with Gasteiger partial charge in [-0.25, -0.2) is 0 Å². The van der Waals surface area contributed by atoms with Crippen LogP contribution in [-0.2, 0) is 6.54 Å². The van der Waals surface area contributed by atoms with Crippen molar-refractivity contribution in [1.82, 2.24) is 10.3 Å². The van der Waals surface area contributed by atoms with E-state index in [0.29, 0.717) is 18.8 Å². The lowest BCUT2D eigenvalue weighted by atomic mass is 10.2. The summed E-state index contributed by atoms with van der Waals surface area (Å²) >= 11 is 1.57. The van der Waals surface area contributed by atoms with Crippen LogP contribution in [-0.4, -0.2) is 17.4 Å². The Hall–Kier alpha value is -2.03. The largest absolute Gasteiger partial charge is 0.357 e. The van der Waals surface area contributed by atoms with Crippen molar-refractivity contribution in [2.75, 3.05) is 6.54 Å². The Balaban J connectivity index is 1.98. The molecule has 0 aliphatic heterocycles. The molecule has 1 amide bonds. The molecule has 4 N–H and O–H groups in total. The Morgan fingerprint density at radius 1 is 1.50 bits per heavy atom. The maximum absolute atomic E-state index is 11.7. The zero-order valence-electron chi connectivity index (χ0n) is 9.69. The predicted octanol–water partition coefficient (Wildman–Crippen LogP) is 1.32. The molecule has 0 bridgehead atoms. The molecule has 0 aromatic carbocycles. The Morgan fingerprint density at radius 3 is 3.11 bits per heavy atom. The molecule has 2 aromatic rings. The molecule has 18 heavy (non-hydrogen) atoms. The lowest BCUT2D eigenvalue weighted by Crippen LogP contribution is -2.22. The van der Waals surface area contributed by atoms with Crippen LogP contribution in [0.3, 0.4) is 0 Å². The third-order valence-electron chi connectivity index (χ3n) is 2.32. The fraction of sp³-hybridized carbons (Fsp3) is 0.154. The molecular weight excluding hydrogens is 246 g/mol. The third kappa shape index (κ3) is 3.00. The summed E-state index contributed by atoms with van der Waals surface area (Å²) < 4.78 is 0. The summed E-state index contributed by atoms with van der Waals surface area (Å²) in [5, 5.41) is 4.80. The minimum Gasteiger partial charge on any atom is -0.357 e. The highest BCUT2D eigenvalue weighted by Crippen LogP contribution is 2.15. The summed E-state index contributed by atoms with van der Waals surface area (Å²) in [5.74, 6) is 5.68. The molecule has 0 radical (unpaired) electrons. The second-order valence-corrected chi connectivity index (χ2v) is 4.53. The van der Waals surface area contributed by atoms with Gasteiger partial charge in [-0.2, -0.15) is 0 Å². The van der Waals surface area contributed by atoms with E-state index in [9.17, 15) is 4.79 Å². The predicted molar refractivity (Wildman–Crippen MR) is 72.2 cm³/mol. The van der Waals surface area contributed by atoms with Gasteiger partial charge in [0.15, 0.2) is 0 Å². The van der Waals surface area contributed by atoms with Crippen molar-refractivity contribution < 1.29 is 4.79 Å². The van der Waals surface area contributed by atoms with Crippen molar-refractivity contribution in [2.45, 2.75) is 6.54 Å². The fourth-order valence-corrected chi connectivity index (χ4v) is 2.23. The standard InChI is InChI=1S/C13H13N3OS/c14-6-1-3-10-5-8-18-12(10)9-16-13(17)11-4-2-7-15-11/h2,4-5,7-8,15H,6,9,14H2,(H,16,17). The van der Waals surface area contributed by atoms with Gasteiger partial charge in [0.1, 0.15) is 5.69 Å². The van der Waals surface area contributed by atoms with Crippen molar-refractivity contribution in [2.24, 2.45) is 5.73 Å². The second-order valence-electron chi connectivity index (χ2n) is 3.53. The van der Waals surface area contributed by atoms with E-state index in [-0.39, 0.29) is 5.91 Å². The fourth-order valence-electron chi connectivity index (χ4n) is 1.46. The topological polar surface area (TPSA) is 70.9 Å². The van der Waals surface area contributed by atoms with Crippen LogP contribution < -0.4 is 11.1 Å². The first-order valence-electron chi connectivity index (χ1n) is 5.48. The van der Waals surface area contributed by atoms with Crippen LogP contribution in [0.5, 0.6) is 0 Å². The van der Waals surface area contributed by atoms with Crippen molar-refractivity contribution in [3.05, 3.63) is 45.9 Å². The van der Waals surface area contributed by atoms with Crippen LogP contribution in [0.1, 0.15) is 20.9 Å². The van der Waals surface area contributed by atoms with E-state index in [0.717, 1.165) is 10.4 Å². The minimum atomic E-state index is -0.119. The molecule has 2 rings (SSSR count). The zero-order valence-corrected chi connectivity index (χ0v) is 10.5. The molecule has 0 atom stereocenters. The number of nitrogens with one attached hydrogen (secondary N) is 2. The van der Waals surface area contributed by atoms with Crippen LogP contribution >= 0.6 is 11.3 Å². The quantitative estimate of drug-likeness (QED) is 0.727. The molecule has 2 aromatic heterocycles. The molecule has 2 heterocycles. The number of H-pyrrole nitrogens is 1. The summed E-state index contributed by atoms with van der Waals surface area (Å²) in [4.78, 5) is 15.6. The number of aromatic nitrogens is 1. The second kappa shape index (κ2) is 6.05. The van der Waals surface area contributed by atoms with E-state index >= 15 is 0 Å². The number of nitrogens with two attached hydrogens (primary N) is 1. The molecule has 0 unspecified atom stereocenters. The Morgan fingerprint density at radius 2 is 2.39 bits per heavy atom. The Bertz CT molecular complexity index is 575. The van der Waals surface area contributed by atoms with E-state index < -0.39 is 0 Å². The highest BCUT2D eigenvalue weighted by Gasteiger charge is 2.07. The normalized spacial score (nSPS) is 9.61. The summed E-state index contributed by atoms with van der Waals surface area (Å²) in [6.45, 7) is 0.814. The maximum atomic E-state index is 11.7. The summed E-state index contributed by atoms with van der Waals surface area (Å²) in [7, 11) is 0. The van der Waals surface area contributed by atoms with Gasteiger partial charge in [-0.1, -0.05) is 11.8 Å². The van der Waals surface area contributed by atoms with Crippen LogP contribution in [0.25, 0.3) is 0 Å². The van der Waals surface area contributed by atoms with Crippen LogP contribution in [0.4, 0.5) is 0 Å². The molecule has 92 valence electrons. The number of hydrogen-bond donors (Lipinski definition) is 3. The number of amides is 1. The summed E-state index contributed by atoms with van der Waals surface area (Å²) in [5.41, 5.74) is 6.82. The number of thiophene rings is 1. The molecule has 0 saturated carbocycles. The van der Waals surface area contributed by atoms with Crippen LogP contribution in [0.2, 0.25) is 0 Å². The van der Waals surface area contributed by atoms with Gasteiger partial charge < -0.3 is 16.0 Å². The van der Waals surface area contributed by atoms with E-state index in [1.807, 2.05) is 11.4 Å². The third-order valence-corrected chi connectivity index (χ3v) is 3.24. The lowest BCUT2D eigenvalue weighted by molar-refractivity contribution is 0.0947. The number of carbonyl (C=O) groups is 1. The first kappa shape index (κ1) is 12.4. The van der Waals surface area contributed by atoms with Gasteiger partial charge in [-0.05, 0) is 23.6 Å². The Labute approximate surface area is 109 Å². The van der Waals surface area contributed by atoms with Gasteiger partial charge in [0.25, 0.3) is 5.91 Å². The van der Waals surface area contributed by atoms with Crippen LogP contribution in [0, 0.1) is 11.8 Å². The van der Waals surface area contributed by atoms with Gasteiger partial charge in [0, 0.05) is 16.6 Å². The number of aromatic amines is 1. The highest BCUT2D eigenvalue weighted by atomic mass is 32.1. The van der Waals surface area contributed by atoms with Gasteiger partial charge in [-0.15, -0.1) is 11.3 Å². The Kier molecular flexibility index (Phi) is 4.18. The molecule has 5 heteroatoms. The number of hydrogen-bond acceptors (Lipinski definition) is 3. The molecule has 0 aliphatic carbocycles. The highest BCUT2D eigenvalue weighted by molar-refractivity contribution is 7.10. The van der Waals surface area contributed by atoms with Gasteiger partial charge in [0.05, 0.1) is 13.1 Å². The molecule has 0 aliphatic rings.